The Morgan fingerprint density at radius 3 is 1.79 bits per heavy atom. The summed E-state index contributed by atoms with van der Waals surface area (Å²) < 4.78 is 0. The highest BCUT2D eigenvalue weighted by Crippen LogP contribution is 2.15. The van der Waals surface area contributed by atoms with Crippen LogP contribution in [0.25, 0.3) is 0 Å². The highest BCUT2D eigenvalue weighted by molar-refractivity contribution is 5.41. The fraction of sp³-hybridized carbons (Fsp3) is 0.353. The van der Waals surface area contributed by atoms with Crippen molar-refractivity contribution in [3.63, 3.8) is 0 Å². The third kappa shape index (κ3) is 5.56. The van der Waals surface area contributed by atoms with E-state index >= 15 is 0 Å². The topological polar surface area (TPSA) is 38.9 Å². The highest BCUT2D eigenvalue weighted by Gasteiger charge is 1.96. The summed E-state index contributed by atoms with van der Waals surface area (Å²) in [7, 11) is 0. The van der Waals surface area contributed by atoms with Gasteiger partial charge in [0.25, 0.3) is 0 Å². The van der Waals surface area contributed by atoms with Gasteiger partial charge in [-0.3, -0.25) is 4.98 Å². The van der Waals surface area contributed by atoms with Gasteiger partial charge >= 0.3 is 0 Å². The number of nitrogen functional groups attached to an aromatic ring is 1. The Kier molecular flexibility index (Phi) is 6.07. The smallest absolute Gasteiger partial charge is 0.0316 e. The number of benzene rings is 1. The molecule has 0 fully saturated rings. The molecule has 0 aliphatic heterocycles. The first kappa shape index (κ1) is 15.2. The van der Waals surface area contributed by atoms with Gasteiger partial charge in [-0.25, -0.2) is 0 Å². The average molecular weight is 256 g/mol. The lowest BCUT2D eigenvalue weighted by atomic mass is 10.0. The quantitative estimate of drug-likeness (QED) is 0.798. The summed E-state index contributed by atoms with van der Waals surface area (Å²) in [5, 5.41) is 0. The van der Waals surface area contributed by atoms with Gasteiger partial charge < -0.3 is 5.73 Å². The van der Waals surface area contributed by atoms with E-state index in [0.29, 0.717) is 11.8 Å². The zero-order valence-corrected chi connectivity index (χ0v) is 12.3. The minimum atomic E-state index is 0.573. The van der Waals surface area contributed by atoms with Crippen molar-refractivity contribution in [3.05, 3.63) is 59.9 Å². The van der Waals surface area contributed by atoms with E-state index < -0.39 is 0 Å². The zero-order chi connectivity index (χ0) is 14.3. The molecule has 2 aromatic rings. The van der Waals surface area contributed by atoms with Crippen LogP contribution in [0.2, 0.25) is 0 Å². The molecule has 102 valence electrons. The molecule has 0 bridgehead atoms. The van der Waals surface area contributed by atoms with Crippen molar-refractivity contribution in [2.75, 3.05) is 5.73 Å². The molecule has 19 heavy (non-hydrogen) atoms. The summed E-state index contributed by atoms with van der Waals surface area (Å²) in [4.78, 5) is 3.93. The summed E-state index contributed by atoms with van der Waals surface area (Å²) in [6.07, 6.45) is 3.66. The normalized spacial score (nSPS) is 10.2. The van der Waals surface area contributed by atoms with Crippen LogP contribution in [0, 0.1) is 0 Å². The van der Waals surface area contributed by atoms with E-state index in [0.717, 1.165) is 5.69 Å². The molecule has 0 aliphatic carbocycles. The predicted molar refractivity (Wildman–Crippen MR) is 83.3 cm³/mol. The SMILES string of the molecule is CC(C)c1cccc(N)c1.CC(C)c1ccncc1. The van der Waals surface area contributed by atoms with Crippen molar-refractivity contribution < 1.29 is 0 Å². The Balaban J connectivity index is 0.000000191. The van der Waals surface area contributed by atoms with Crippen LogP contribution in [-0.2, 0) is 0 Å². The molecule has 2 heteroatoms. The van der Waals surface area contributed by atoms with Crippen LogP contribution in [-0.4, -0.2) is 4.98 Å². The van der Waals surface area contributed by atoms with Gasteiger partial charge in [-0.15, -0.1) is 0 Å². The summed E-state index contributed by atoms with van der Waals surface area (Å²) in [6.45, 7) is 8.67. The van der Waals surface area contributed by atoms with Gasteiger partial charge in [0.2, 0.25) is 0 Å². The Bertz CT molecular complexity index is 476. The molecule has 0 amide bonds. The summed E-state index contributed by atoms with van der Waals surface area (Å²) >= 11 is 0. The lowest BCUT2D eigenvalue weighted by Gasteiger charge is -2.04. The molecule has 0 saturated carbocycles. The van der Waals surface area contributed by atoms with Crippen molar-refractivity contribution in [2.45, 2.75) is 39.5 Å². The zero-order valence-electron chi connectivity index (χ0n) is 12.3. The lowest BCUT2D eigenvalue weighted by molar-refractivity contribution is 0.863. The van der Waals surface area contributed by atoms with E-state index in [2.05, 4.69) is 38.7 Å². The molecule has 0 saturated heterocycles. The number of aromatic nitrogens is 1. The van der Waals surface area contributed by atoms with Crippen LogP contribution in [0.1, 0.15) is 50.7 Å². The second-order valence-corrected chi connectivity index (χ2v) is 5.26. The van der Waals surface area contributed by atoms with Gasteiger partial charge in [-0.1, -0.05) is 39.8 Å². The van der Waals surface area contributed by atoms with Crippen molar-refractivity contribution >= 4 is 5.69 Å². The van der Waals surface area contributed by atoms with Crippen molar-refractivity contribution in [2.24, 2.45) is 0 Å². The molecule has 2 rings (SSSR count). The van der Waals surface area contributed by atoms with Gasteiger partial charge in [0.05, 0.1) is 0 Å². The molecule has 2 nitrogen and oxygen atoms in total. The van der Waals surface area contributed by atoms with Crippen LogP contribution in [0.3, 0.4) is 0 Å². The lowest BCUT2D eigenvalue weighted by Crippen LogP contribution is -1.89. The number of nitrogens with zero attached hydrogens (tertiary/aromatic N) is 1. The molecule has 0 aliphatic rings. The van der Waals surface area contributed by atoms with Crippen LogP contribution in [0.5, 0.6) is 0 Å². The first-order chi connectivity index (χ1) is 9.00. The molecule has 0 spiro atoms. The third-order valence-corrected chi connectivity index (χ3v) is 2.95. The van der Waals surface area contributed by atoms with Crippen LogP contribution >= 0.6 is 0 Å². The van der Waals surface area contributed by atoms with Gasteiger partial charge in [-0.2, -0.15) is 0 Å². The number of anilines is 1. The Morgan fingerprint density at radius 2 is 1.42 bits per heavy atom. The summed E-state index contributed by atoms with van der Waals surface area (Å²) in [5.74, 6) is 1.19. The molecule has 0 atom stereocenters. The molecular formula is C17H24N2. The minimum absolute atomic E-state index is 0.573. The molecule has 0 radical (unpaired) electrons. The number of hydrogen-bond donors (Lipinski definition) is 1. The molecule has 1 aromatic carbocycles. The number of pyridine rings is 1. The Hall–Kier alpha value is -1.83. The number of nitrogens with two attached hydrogens (primary N) is 1. The molecular weight excluding hydrogens is 232 g/mol. The van der Waals surface area contributed by atoms with Gasteiger partial charge in [0.1, 0.15) is 0 Å². The minimum Gasteiger partial charge on any atom is -0.399 e. The van der Waals surface area contributed by atoms with E-state index in [4.69, 9.17) is 5.73 Å². The van der Waals surface area contributed by atoms with Crippen molar-refractivity contribution in [1.82, 2.24) is 4.98 Å². The monoisotopic (exact) mass is 256 g/mol. The first-order valence-electron chi connectivity index (χ1n) is 6.76. The Morgan fingerprint density at radius 1 is 0.842 bits per heavy atom. The summed E-state index contributed by atoms with van der Waals surface area (Å²) in [5.41, 5.74) is 9.11. The first-order valence-corrected chi connectivity index (χ1v) is 6.76. The maximum Gasteiger partial charge on any atom is 0.0316 e. The largest absolute Gasteiger partial charge is 0.399 e. The number of hydrogen-bond acceptors (Lipinski definition) is 2. The van der Waals surface area contributed by atoms with E-state index in [1.165, 1.54) is 11.1 Å². The van der Waals surface area contributed by atoms with E-state index in [9.17, 15) is 0 Å². The Labute approximate surface area is 116 Å². The molecule has 1 aromatic heterocycles. The fourth-order valence-electron chi connectivity index (χ4n) is 1.67. The molecule has 0 unspecified atom stereocenters. The van der Waals surface area contributed by atoms with E-state index in [-0.39, 0.29) is 0 Å². The van der Waals surface area contributed by atoms with Crippen LogP contribution < -0.4 is 5.73 Å². The van der Waals surface area contributed by atoms with Gasteiger partial charge in [0.15, 0.2) is 0 Å². The predicted octanol–water partition coefficient (Wildman–Crippen LogP) is 4.60. The highest BCUT2D eigenvalue weighted by atomic mass is 14.6. The fourth-order valence-corrected chi connectivity index (χ4v) is 1.67. The standard InChI is InChI=1S/C9H13N.C8H11N/c1-7(2)8-4-3-5-9(10)6-8;1-7(2)8-3-5-9-6-4-8/h3-7H,10H2,1-2H3;3-7H,1-2H3. The van der Waals surface area contributed by atoms with Crippen LogP contribution in [0.15, 0.2) is 48.8 Å². The molecule has 2 N–H and O–H groups in total. The van der Waals surface area contributed by atoms with Gasteiger partial charge in [-0.05, 0) is 47.2 Å². The van der Waals surface area contributed by atoms with Crippen molar-refractivity contribution in [1.29, 1.82) is 0 Å². The van der Waals surface area contributed by atoms with E-state index in [1.54, 1.807) is 0 Å². The van der Waals surface area contributed by atoms with Crippen molar-refractivity contribution in [3.8, 4) is 0 Å². The number of rotatable bonds is 2. The average Bonchev–Trinajstić information content (AvgIpc) is 2.40. The maximum atomic E-state index is 5.60. The maximum absolute atomic E-state index is 5.60. The van der Waals surface area contributed by atoms with Crippen LogP contribution in [0.4, 0.5) is 5.69 Å². The molecule has 1 heterocycles. The van der Waals surface area contributed by atoms with E-state index in [1.807, 2.05) is 42.7 Å². The van der Waals surface area contributed by atoms with Gasteiger partial charge in [0, 0.05) is 18.1 Å². The second kappa shape index (κ2) is 7.57. The third-order valence-electron chi connectivity index (χ3n) is 2.95. The summed E-state index contributed by atoms with van der Waals surface area (Å²) in [6, 6.07) is 12.1. The second-order valence-electron chi connectivity index (χ2n) is 5.26.